The number of carbonyl (C=O) groups is 1. The number of nitrogens with zero attached hydrogens (tertiary/aromatic N) is 3. The molecule has 2 heterocycles. The zero-order valence-corrected chi connectivity index (χ0v) is 23.8. The predicted molar refractivity (Wildman–Crippen MR) is 136 cm³/mol. The van der Waals surface area contributed by atoms with Crippen LogP contribution in [0.5, 0.6) is 0 Å². The summed E-state index contributed by atoms with van der Waals surface area (Å²) in [5, 5.41) is 12.6. The second-order valence-electron chi connectivity index (χ2n) is 10.5. The maximum atomic E-state index is 13.6. The minimum absolute atomic E-state index is 0.0356. The van der Waals surface area contributed by atoms with E-state index in [0.29, 0.717) is 18.4 Å². The van der Waals surface area contributed by atoms with Crippen molar-refractivity contribution in [3.05, 3.63) is 0 Å². The molecule has 3 rings (SSSR count). The van der Waals surface area contributed by atoms with Crippen molar-refractivity contribution in [2.75, 3.05) is 58.4 Å². The van der Waals surface area contributed by atoms with Gasteiger partial charge in [-0.15, -0.1) is 0 Å². The number of likely N-dealkylation sites (tertiary alicyclic amines) is 1. The standard InChI is InChI=1S/C20H33FN4O2.2CH4O3S/c1-19(2)15(13-24-6-8-27-9-7-24)4-5-20(19,3)23-12-18(26)25-14-16(21)10-17(25)11-22;2*1-5(2,3)4/h15-17,23H,4-10,12-14H2,1-3H3;2*1H3,(H,2,3,4)/t15-,16-,17-,20-;;/m0../s1. The number of nitriles is 1. The number of alkyl halides is 1. The zero-order valence-electron chi connectivity index (χ0n) is 22.2. The highest BCUT2D eigenvalue weighted by Crippen LogP contribution is 2.50. The maximum absolute atomic E-state index is 13.6. The van der Waals surface area contributed by atoms with Gasteiger partial charge in [-0.2, -0.15) is 22.1 Å². The Morgan fingerprint density at radius 1 is 1.14 bits per heavy atom. The van der Waals surface area contributed by atoms with Crippen molar-refractivity contribution in [2.45, 2.75) is 57.8 Å². The molecule has 1 saturated carbocycles. The number of rotatable bonds is 5. The highest BCUT2D eigenvalue weighted by atomic mass is 32.2. The molecule has 216 valence electrons. The largest absolute Gasteiger partial charge is 0.379 e. The second kappa shape index (κ2) is 13.6. The van der Waals surface area contributed by atoms with Gasteiger partial charge in [0, 0.05) is 31.6 Å². The topological polar surface area (TPSA) is 177 Å². The lowest BCUT2D eigenvalue weighted by atomic mass is 9.71. The molecule has 3 fully saturated rings. The molecule has 1 amide bonds. The van der Waals surface area contributed by atoms with Gasteiger partial charge in [-0.1, -0.05) is 13.8 Å². The van der Waals surface area contributed by atoms with Crippen LogP contribution in [0.2, 0.25) is 0 Å². The summed E-state index contributed by atoms with van der Waals surface area (Å²) < 4.78 is 70.8. The van der Waals surface area contributed by atoms with Gasteiger partial charge < -0.3 is 15.0 Å². The molecule has 15 heteroatoms. The molecule has 12 nitrogen and oxygen atoms in total. The van der Waals surface area contributed by atoms with Crippen LogP contribution in [0.1, 0.15) is 40.0 Å². The van der Waals surface area contributed by atoms with Gasteiger partial charge in [0.05, 0.1) is 44.9 Å². The first-order valence-electron chi connectivity index (χ1n) is 12.0. The molecule has 0 aromatic rings. The van der Waals surface area contributed by atoms with Gasteiger partial charge in [-0.25, -0.2) is 4.39 Å². The number of carbonyl (C=O) groups excluding carboxylic acids is 1. The van der Waals surface area contributed by atoms with Gasteiger partial charge in [0.15, 0.2) is 0 Å². The predicted octanol–water partition coefficient (Wildman–Crippen LogP) is 0.574. The van der Waals surface area contributed by atoms with Gasteiger partial charge in [0.25, 0.3) is 20.2 Å². The van der Waals surface area contributed by atoms with Crippen LogP contribution in [0.15, 0.2) is 0 Å². The average Bonchev–Trinajstić information content (AvgIpc) is 3.23. The smallest absolute Gasteiger partial charge is 0.261 e. The average molecular weight is 573 g/mol. The Morgan fingerprint density at radius 2 is 1.65 bits per heavy atom. The minimum Gasteiger partial charge on any atom is -0.379 e. The number of morpholine rings is 1. The maximum Gasteiger partial charge on any atom is 0.261 e. The number of ether oxygens (including phenoxy) is 1. The van der Waals surface area contributed by atoms with Crippen LogP contribution in [0.25, 0.3) is 0 Å². The quantitative estimate of drug-likeness (QED) is 0.393. The number of hydrogen-bond acceptors (Lipinski definition) is 9. The molecule has 0 spiro atoms. The van der Waals surface area contributed by atoms with E-state index in [4.69, 9.17) is 19.1 Å². The van der Waals surface area contributed by atoms with Gasteiger partial charge in [0.1, 0.15) is 12.2 Å². The summed E-state index contributed by atoms with van der Waals surface area (Å²) in [4.78, 5) is 16.5. The van der Waals surface area contributed by atoms with Crippen molar-refractivity contribution in [1.29, 1.82) is 5.26 Å². The van der Waals surface area contributed by atoms with Crippen molar-refractivity contribution in [3.8, 4) is 6.07 Å². The van der Waals surface area contributed by atoms with Crippen molar-refractivity contribution in [1.82, 2.24) is 15.1 Å². The van der Waals surface area contributed by atoms with E-state index in [1.807, 2.05) is 0 Å². The highest BCUT2D eigenvalue weighted by Gasteiger charge is 2.51. The lowest BCUT2D eigenvalue weighted by Crippen LogP contribution is -2.56. The summed E-state index contributed by atoms with van der Waals surface area (Å²) in [5.41, 5.74) is -0.121. The second-order valence-corrected chi connectivity index (χ2v) is 13.5. The molecule has 2 saturated heterocycles. The Hall–Kier alpha value is -1.41. The number of hydrogen-bond donors (Lipinski definition) is 3. The lowest BCUT2D eigenvalue weighted by molar-refractivity contribution is -0.131. The molecular weight excluding hydrogens is 531 g/mol. The van der Waals surface area contributed by atoms with Crippen molar-refractivity contribution >= 4 is 26.1 Å². The molecule has 0 aromatic carbocycles. The number of amides is 1. The van der Waals surface area contributed by atoms with Crippen molar-refractivity contribution < 1.29 is 39.9 Å². The normalized spacial score (nSPS) is 29.9. The summed E-state index contributed by atoms with van der Waals surface area (Å²) in [7, 11) is -7.33. The van der Waals surface area contributed by atoms with Crippen LogP contribution in [0.3, 0.4) is 0 Å². The SMILES string of the molecule is CC1(C)[C@H](CN2CCOCC2)CC[C@]1(C)NCC(=O)N1C[C@@H](F)C[C@H]1C#N.CS(=O)(=O)O.CS(=O)(=O)O. The Labute approximate surface area is 220 Å². The van der Waals surface area contributed by atoms with Crippen LogP contribution in [0.4, 0.5) is 4.39 Å². The highest BCUT2D eigenvalue weighted by molar-refractivity contribution is 7.85. The molecule has 37 heavy (non-hydrogen) atoms. The van der Waals surface area contributed by atoms with Crippen molar-refractivity contribution in [2.24, 2.45) is 11.3 Å². The third-order valence-corrected chi connectivity index (χ3v) is 7.37. The van der Waals surface area contributed by atoms with Crippen LogP contribution in [-0.2, 0) is 29.8 Å². The molecule has 1 aliphatic carbocycles. The Morgan fingerprint density at radius 3 is 2.14 bits per heavy atom. The Balaban J connectivity index is 0.000000583. The summed E-state index contributed by atoms with van der Waals surface area (Å²) >= 11 is 0. The molecule has 3 aliphatic rings. The fraction of sp³-hybridized carbons (Fsp3) is 0.909. The lowest BCUT2D eigenvalue weighted by Gasteiger charge is -2.44. The van der Waals surface area contributed by atoms with E-state index in [1.165, 1.54) is 4.90 Å². The van der Waals surface area contributed by atoms with Gasteiger partial charge in [0.2, 0.25) is 5.91 Å². The van der Waals surface area contributed by atoms with Crippen LogP contribution in [0, 0.1) is 22.7 Å². The summed E-state index contributed by atoms with van der Waals surface area (Å²) in [6.07, 6.45) is 2.61. The Kier molecular flexibility index (Phi) is 12.3. The van der Waals surface area contributed by atoms with Gasteiger partial charge in [-0.05, 0) is 31.1 Å². The van der Waals surface area contributed by atoms with Crippen LogP contribution >= 0.6 is 0 Å². The van der Waals surface area contributed by atoms with Gasteiger partial charge in [-0.3, -0.25) is 18.8 Å². The van der Waals surface area contributed by atoms with E-state index >= 15 is 0 Å². The summed E-state index contributed by atoms with van der Waals surface area (Å²) in [5.74, 6) is 0.382. The Bertz CT molecular complexity index is 966. The summed E-state index contributed by atoms with van der Waals surface area (Å²) in [6.45, 7) is 11.6. The number of nitrogens with one attached hydrogen (secondary N) is 1. The van der Waals surface area contributed by atoms with E-state index in [0.717, 1.165) is 45.7 Å². The van der Waals surface area contributed by atoms with Crippen LogP contribution < -0.4 is 5.32 Å². The first-order chi connectivity index (χ1) is 16.8. The first-order valence-corrected chi connectivity index (χ1v) is 15.7. The molecule has 0 bridgehead atoms. The minimum atomic E-state index is -3.67. The molecule has 0 aromatic heterocycles. The molecule has 2 aliphatic heterocycles. The molecule has 4 atom stereocenters. The first kappa shape index (κ1) is 33.6. The summed E-state index contributed by atoms with van der Waals surface area (Å²) in [6, 6.07) is 1.42. The van der Waals surface area contributed by atoms with E-state index in [2.05, 4.69) is 37.1 Å². The monoisotopic (exact) mass is 572 g/mol. The third-order valence-electron chi connectivity index (χ3n) is 7.37. The van der Waals surface area contributed by atoms with E-state index < -0.39 is 32.4 Å². The van der Waals surface area contributed by atoms with Gasteiger partial charge >= 0.3 is 0 Å². The van der Waals surface area contributed by atoms with E-state index in [-0.39, 0.29) is 36.4 Å². The fourth-order valence-corrected chi connectivity index (χ4v) is 4.88. The van der Waals surface area contributed by atoms with Crippen LogP contribution in [-0.4, -0.2) is 118 Å². The third kappa shape index (κ3) is 11.9. The fourth-order valence-electron chi connectivity index (χ4n) is 4.88. The number of halogens is 1. The molecule has 0 radical (unpaired) electrons. The molecule has 0 unspecified atom stereocenters. The zero-order chi connectivity index (χ0) is 28.7. The van der Waals surface area contributed by atoms with E-state index in [9.17, 15) is 26.0 Å². The van der Waals surface area contributed by atoms with E-state index in [1.54, 1.807) is 0 Å². The molecule has 3 N–H and O–H groups in total. The van der Waals surface area contributed by atoms with Crippen molar-refractivity contribution in [3.63, 3.8) is 0 Å². The molecular formula is C22H41FN4O8S2.